The number of amides is 2. The number of ether oxygens (including phenoxy) is 1. The van der Waals surface area contributed by atoms with Crippen molar-refractivity contribution in [1.82, 2.24) is 0 Å². The second-order valence-corrected chi connectivity index (χ2v) is 7.56. The summed E-state index contributed by atoms with van der Waals surface area (Å²) in [6.07, 6.45) is 0. The molecule has 2 amide bonds. The Balaban J connectivity index is 1.78. The predicted octanol–water partition coefficient (Wildman–Crippen LogP) is 4.55. The fraction of sp³-hybridized carbons (Fsp3) is 0.154. The van der Waals surface area contributed by atoms with Crippen molar-refractivity contribution in [3.63, 3.8) is 0 Å². The summed E-state index contributed by atoms with van der Waals surface area (Å²) in [7, 11) is 3.83. The minimum atomic E-state index is -0.397. The second kappa shape index (κ2) is 8.98. The van der Waals surface area contributed by atoms with Crippen LogP contribution in [0.1, 0.15) is 12.5 Å². The molecule has 1 aliphatic heterocycles. The van der Waals surface area contributed by atoms with E-state index in [0.717, 1.165) is 5.69 Å². The van der Waals surface area contributed by atoms with E-state index in [1.807, 2.05) is 98.7 Å². The van der Waals surface area contributed by atoms with Gasteiger partial charge in [-0.3, -0.25) is 9.59 Å². The summed E-state index contributed by atoms with van der Waals surface area (Å²) < 4.78 is 5.57. The Morgan fingerprint density at radius 1 is 0.875 bits per heavy atom. The molecule has 3 aromatic carbocycles. The quantitative estimate of drug-likeness (QED) is 0.561. The number of benzene rings is 3. The maximum atomic E-state index is 13.5. The largest absolute Gasteiger partial charge is 0.494 e. The number of hydrogen-bond donors (Lipinski definition) is 1. The van der Waals surface area contributed by atoms with E-state index >= 15 is 0 Å². The minimum Gasteiger partial charge on any atom is -0.494 e. The van der Waals surface area contributed by atoms with Crippen LogP contribution in [0.3, 0.4) is 0 Å². The number of carbonyl (C=O) groups is 2. The summed E-state index contributed by atoms with van der Waals surface area (Å²) in [5, 5.41) is 3.18. The van der Waals surface area contributed by atoms with E-state index in [-0.39, 0.29) is 11.6 Å². The van der Waals surface area contributed by atoms with Crippen molar-refractivity contribution in [1.29, 1.82) is 0 Å². The Bertz CT molecular complexity index is 1190. The molecule has 0 atom stereocenters. The molecule has 0 saturated carbocycles. The number of nitrogens with zero attached hydrogens (tertiary/aromatic N) is 2. The van der Waals surface area contributed by atoms with E-state index < -0.39 is 5.91 Å². The lowest BCUT2D eigenvalue weighted by Gasteiger charge is -2.19. The van der Waals surface area contributed by atoms with Crippen LogP contribution in [-0.4, -0.2) is 32.5 Å². The molecule has 32 heavy (non-hydrogen) atoms. The first-order valence-corrected chi connectivity index (χ1v) is 10.5. The van der Waals surface area contributed by atoms with Gasteiger partial charge in [0.15, 0.2) is 0 Å². The first-order valence-electron chi connectivity index (χ1n) is 10.5. The number of imide groups is 1. The fourth-order valence-corrected chi connectivity index (χ4v) is 3.64. The molecule has 1 heterocycles. The van der Waals surface area contributed by atoms with Gasteiger partial charge in [-0.05, 0) is 42.8 Å². The Morgan fingerprint density at radius 3 is 2.34 bits per heavy atom. The Kier molecular flexibility index (Phi) is 5.94. The zero-order valence-corrected chi connectivity index (χ0v) is 18.3. The van der Waals surface area contributed by atoms with Crippen LogP contribution in [0.15, 0.2) is 84.6 Å². The van der Waals surface area contributed by atoms with E-state index in [4.69, 9.17) is 4.74 Å². The highest BCUT2D eigenvalue weighted by Gasteiger charge is 2.40. The molecule has 0 spiro atoms. The van der Waals surface area contributed by atoms with Gasteiger partial charge in [0.1, 0.15) is 11.4 Å². The predicted molar refractivity (Wildman–Crippen MR) is 128 cm³/mol. The molecule has 0 aromatic heterocycles. The second-order valence-electron chi connectivity index (χ2n) is 7.56. The van der Waals surface area contributed by atoms with Crippen molar-refractivity contribution in [2.24, 2.45) is 0 Å². The maximum absolute atomic E-state index is 13.5. The summed E-state index contributed by atoms with van der Waals surface area (Å²) in [5.74, 6) is -0.0705. The van der Waals surface area contributed by atoms with Crippen LogP contribution in [-0.2, 0) is 9.59 Å². The van der Waals surface area contributed by atoms with Gasteiger partial charge in [0.2, 0.25) is 0 Å². The van der Waals surface area contributed by atoms with Crippen LogP contribution in [0.5, 0.6) is 5.75 Å². The monoisotopic (exact) mass is 427 g/mol. The zero-order valence-electron chi connectivity index (χ0n) is 18.3. The van der Waals surface area contributed by atoms with Crippen LogP contribution in [0, 0.1) is 0 Å². The third kappa shape index (κ3) is 4.07. The Hall–Kier alpha value is -4.06. The molecule has 162 valence electrons. The van der Waals surface area contributed by atoms with E-state index in [1.54, 1.807) is 6.07 Å². The minimum absolute atomic E-state index is 0.241. The number of hydrogen-bond acceptors (Lipinski definition) is 5. The van der Waals surface area contributed by atoms with Crippen LogP contribution in [0.2, 0.25) is 0 Å². The SMILES string of the molecule is CCOc1cccc(NC2=C(c3ccccc3)C(=O)N(c3cccc(N(C)C)c3)C2=O)c1. The van der Waals surface area contributed by atoms with Gasteiger partial charge in [-0.25, -0.2) is 4.90 Å². The van der Waals surface area contributed by atoms with Crippen molar-refractivity contribution < 1.29 is 14.3 Å². The van der Waals surface area contributed by atoms with Crippen molar-refractivity contribution in [2.75, 3.05) is 35.8 Å². The standard InChI is InChI=1S/C26H25N3O3/c1-4-32-22-15-8-12-19(16-22)27-24-23(18-10-6-5-7-11-18)25(30)29(26(24)31)21-14-9-13-20(17-21)28(2)3/h5-17,27H,4H2,1-3H3. The van der Waals surface area contributed by atoms with Crippen molar-refractivity contribution in [2.45, 2.75) is 6.92 Å². The van der Waals surface area contributed by atoms with Gasteiger partial charge >= 0.3 is 0 Å². The van der Waals surface area contributed by atoms with E-state index in [9.17, 15) is 9.59 Å². The molecule has 3 aromatic rings. The molecule has 0 bridgehead atoms. The van der Waals surface area contributed by atoms with Crippen LogP contribution in [0.25, 0.3) is 5.57 Å². The number of anilines is 3. The molecule has 0 unspecified atom stereocenters. The highest BCUT2D eigenvalue weighted by Crippen LogP contribution is 2.35. The lowest BCUT2D eigenvalue weighted by molar-refractivity contribution is -0.120. The normalized spacial score (nSPS) is 13.5. The molecule has 1 aliphatic rings. The smallest absolute Gasteiger partial charge is 0.282 e. The van der Waals surface area contributed by atoms with E-state index in [0.29, 0.717) is 34.9 Å². The lowest BCUT2D eigenvalue weighted by Crippen LogP contribution is -2.32. The summed E-state index contributed by atoms with van der Waals surface area (Å²) in [5.41, 5.74) is 3.36. The van der Waals surface area contributed by atoms with E-state index in [2.05, 4.69) is 5.32 Å². The number of nitrogens with one attached hydrogen (secondary N) is 1. The van der Waals surface area contributed by atoms with Gasteiger partial charge < -0.3 is 15.0 Å². The average molecular weight is 428 g/mol. The Labute approximate surface area is 187 Å². The number of rotatable bonds is 7. The van der Waals surface area contributed by atoms with Gasteiger partial charge in [0, 0.05) is 31.5 Å². The molecule has 0 aliphatic carbocycles. The molecule has 6 heteroatoms. The molecular weight excluding hydrogens is 402 g/mol. The number of carbonyl (C=O) groups excluding carboxylic acids is 2. The highest BCUT2D eigenvalue weighted by molar-refractivity contribution is 6.46. The first kappa shape index (κ1) is 21.2. The molecule has 6 nitrogen and oxygen atoms in total. The van der Waals surface area contributed by atoms with Crippen LogP contribution >= 0.6 is 0 Å². The van der Waals surface area contributed by atoms with E-state index in [1.165, 1.54) is 4.90 Å². The van der Waals surface area contributed by atoms with Gasteiger partial charge in [0.05, 0.1) is 17.9 Å². The molecule has 0 radical (unpaired) electrons. The first-order chi connectivity index (χ1) is 15.5. The van der Waals surface area contributed by atoms with Gasteiger partial charge in [-0.2, -0.15) is 0 Å². The summed E-state index contributed by atoms with van der Waals surface area (Å²) in [6.45, 7) is 2.45. The van der Waals surface area contributed by atoms with Crippen LogP contribution in [0.4, 0.5) is 17.1 Å². The van der Waals surface area contributed by atoms with Crippen LogP contribution < -0.4 is 19.9 Å². The summed E-state index contributed by atoms with van der Waals surface area (Å²) >= 11 is 0. The summed E-state index contributed by atoms with van der Waals surface area (Å²) in [6, 6.07) is 23.9. The highest BCUT2D eigenvalue weighted by atomic mass is 16.5. The van der Waals surface area contributed by atoms with Crippen molar-refractivity contribution in [3.05, 3.63) is 90.1 Å². The fourth-order valence-electron chi connectivity index (χ4n) is 3.64. The molecular formula is C26H25N3O3. The molecule has 4 rings (SSSR count). The third-order valence-corrected chi connectivity index (χ3v) is 5.17. The third-order valence-electron chi connectivity index (χ3n) is 5.17. The Morgan fingerprint density at radius 2 is 1.62 bits per heavy atom. The van der Waals surface area contributed by atoms with Gasteiger partial charge in [0.25, 0.3) is 11.8 Å². The average Bonchev–Trinajstić information content (AvgIpc) is 3.04. The molecule has 0 fully saturated rings. The van der Waals surface area contributed by atoms with Gasteiger partial charge in [-0.15, -0.1) is 0 Å². The molecule has 0 saturated heterocycles. The molecule has 1 N–H and O–H groups in total. The maximum Gasteiger partial charge on any atom is 0.282 e. The van der Waals surface area contributed by atoms with Gasteiger partial charge in [-0.1, -0.05) is 42.5 Å². The van der Waals surface area contributed by atoms with Crippen molar-refractivity contribution in [3.8, 4) is 5.75 Å². The topological polar surface area (TPSA) is 61.9 Å². The lowest BCUT2D eigenvalue weighted by atomic mass is 10.0. The zero-order chi connectivity index (χ0) is 22.7. The summed E-state index contributed by atoms with van der Waals surface area (Å²) in [4.78, 5) is 30.2. The van der Waals surface area contributed by atoms with Crippen molar-refractivity contribution >= 4 is 34.4 Å².